The number of nitrogens with one attached hydrogen (secondary N) is 3. The van der Waals surface area contributed by atoms with Crippen molar-refractivity contribution in [3.05, 3.63) is 75.7 Å². The lowest BCUT2D eigenvalue weighted by Gasteiger charge is -2.18. The number of hydrogen-bond acceptors (Lipinski definition) is 9. The van der Waals surface area contributed by atoms with Crippen LogP contribution < -0.4 is 20.8 Å². The summed E-state index contributed by atoms with van der Waals surface area (Å²) in [6.07, 6.45) is -2.59. The lowest BCUT2D eigenvalue weighted by Crippen LogP contribution is -2.14. The van der Waals surface area contributed by atoms with Crippen LogP contribution in [-0.4, -0.2) is 35.3 Å². The third-order valence-corrected chi connectivity index (χ3v) is 8.04. The molecule has 0 spiro atoms. The molecule has 2 aromatic heterocycles. The molecule has 4 aromatic rings. The molecular weight excluding hydrogens is 562 g/mol. The molecule has 218 valence electrons. The fraction of sp³-hybridized carbons (Fsp3) is 0.296. The van der Waals surface area contributed by atoms with Gasteiger partial charge in [0, 0.05) is 18.0 Å². The topological polar surface area (TPSA) is 127 Å². The van der Waals surface area contributed by atoms with E-state index in [2.05, 4.69) is 25.6 Å². The number of aromatic nitrogens is 3. The Morgan fingerprint density at radius 1 is 1.05 bits per heavy atom. The van der Waals surface area contributed by atoms with Crippen LogP contribution in [0.2, 0.25) is 0 Å². The van der Waals surface area contributed by atoms with Crippen molar-refractivity contribution in [1.29, 1.82) is 0 Å². The minimum absolute atomic E-state index is 0.000193. The van der Waals surface area contributed by atoms with Crippen LogP contribution in [0.4, 0.5) is 36.3 Å². The number of alkyl halides is 3. The Hall–Kier alpha value is -3.93. The van der Waals surface area contributed by atoms with E-state index in [0.29, 0.717) is 34.3 Å². The van der Waals surface area contributed by atoms with Crippen LogP contribution >= 0.6 is 7.60 Å². The maximum atomic E-state index is 13.9. The number of pyridine rings is 1. The summed E-state index contributed by atoms with van der Waals surface area (Å²) in [4.78, 5) is 23.7. The number of anilines is 4. The maximum Gasteiger partial charge on any atom is 0.421 e. The van der Waals surface area contributed by atoms with Crippen LogP contribution in [0.15, 0.2) is 53.6 Å². The van der Waals surface area contributed by atoms with E-state index in [1.807, 2.05) is 0 Å². The SMILES string of the molecule is CCOP(=O)(Cc1ccc(Nc2ncc(C(F)(F)F)c(Nc3cccc4[nH]cc(C)c(=O)c34)n2)c(OC)c1)OCC. The number of benzene rings is 2. The van der Waals surface area contributed by atoms with Crippen LogP contribution in [0.25, 0.3) is 10.9 Å². The first-order valence-electron chi connectivity index (χ1n) is 12.6. The Bertz CT molecular complexity index is 1650. The molecule has 4 rings (SSSR count). The zero-order valence-electron chi connectivity index (χ0n) is 22.8. The van der Waals surface area contributed by atoms with Crippen molar-refractivity contribution in [2.24, 2.45) is 0 Å². The molecule has 0 unspecified atom stereocenters. The number of aromatic amines is 1. The normalized spacial score (nSPS) is 12.0. The fourth-order valence-electron chi connectivity index (χ4n) is 4.15. The van der Waals surface area contributed by atoms with Gasteiger partial charge < -0.3 is 29.4 Å². The smallest absolute Gasteiger partial charge is 0.421 e. The number of ether oxygens (including phenoxy) is 1. The number of hydrogen-bond donors (Lipinski definition) is 3. The van der Waals surface area contributed by atoms with E-state index in [-0.39, 0.29) is 41.8 Å². The number of H-pyrrole nitrogens is 1. The van der Waals surface area contributed by atoms with Gasteiger partial charge in [0.1, 0.15) is 17.1 Å². The molecule has 10 nitrogen and oxygen atoms in total. The monoisotopic (exact) mass is 591 g/mol. The van der Waals surface area contributed by atoms with Crippen LogP contribution in [0.1, 0.15) is 30.5 Å². The molecule has 0 fully saturated rings. The number of halogens is 3. The first-order chi connectivity index (χ1) is 19.5. The maximum absolute atomic E-state index is 13.9. The van der Waals surface area contributed by atoms with Crippen molar-refractivity contribution in [1.82, 2.24) is 15.0 Å². The second-order valence-corrected chi connectivity index (χ2v) is 10.9. The van der Waals surface area contributed by atoms with Gasteiger partial charge in [0.05, 0.1) is 48.8 Å². The van der Waals surface area contributed by atoms with Gasteiger partial charge in [0.25, 0.3) is 0 Å². The highest BCUT2D eigenvalue weighted by molar-refractivity contribution is 7.53. The highest BCUT2D eigenvalue weighted by atomic mass is 31.2. The zero-order chi connectivity index (χ0) is 29.8. The van der Waals surface area contributed by atoms with E-state index in [0.717, 1.165) is 0 Å². The Morgan fingerprint density at radius 3 is 2.44 bits per heavy atom. The summed E-state index contributed by atoms with van der Waals surface area (Å²) in [5.74, 6) is -0.407. The van der Waals surface area contributed by atoms with Crippen LogP contribution in [0.3, 0.4) is 0 Å². The standard InChI is InChI=1S/C27H29F3N5O5P/c1-5-39-41(37,40-6-2)15-17-10-11-19(22(12-17)38-4)34-26-32-14-18(27(28,29)30)25(35-26)33-21-9-7-8-20-23(21)24(36)16(3)13-31-20/h7-14H,5-6,15H2,1-4H3,(H,31,36)(H2,32,33,34,35). The minimum Gasteiger partial charge on any atom is -0.495 e. The van der Waals surface area contributed by atoms with E-state index in [9.17, 15) is 22.5 Å². The van der Waals surface area contributed by atoms with Gasteiger partial charge in [-0.15, -0.1) is 0 Å². The van der Waals surface area contributed by atoms with E-state index >= 15 is 0 Å². The number of fused-ring (bicyclic) bond motifs is 1. The number of rotatable bonds is 11. The molecule has 0 aliphatic heterocycles. The van der Waals surface area contributed by atoms with Crippen molar-refractivity contribution >= 4 is 41.6 Å². The average molecular weight is 592 g/mol. The van der Waals surface area contributed by atoms with E-state index < -0.39 is 25.2 Å². The summed E-state index contributed by atoms with van der Waals surface area (Å²) < 4.78 is 70.8. The van der Waals surface area contributed by atoms with Gasteiger partial charge in [-0.3, -0.25) is 9.36 Å². The van der Waals surface area contributed by atoms with Crippen molar-refractivity contribution in [3.63, 3.8) is 0 Å². The van der Waals surface area contributed by atoms with Gasteiger partial charge in [-0.2, -0.15) is 18.2 Å². The van der Waals surface area contributed by atoms with E-state index in [1.165, 1.54) is 19.4 Å². The third kappa shape index (κ3) is 6.87. The van der Waals surface area contributed by atoms with Crippen LogP contribution in [0, 0.1) is 6.92 Å². The molecular formula is C27H29F3N5O5P. The summed E-state index contributed by atoms with van der Waals surface area (Å²) in [5, 5.41) is 5.75. The molecule has 3 N–H and O–H groups in total. The van der Waals surface area contributed by atoms with Crippen molar-refractivity contribution < 1.29 is 31.5 Å². The average Bonchev–Trinajstić information content (AvgIpc) is 2.91. The molecule has 0 atom stereocenters. The Kier molecular flexibility index (Phi) is 9.01. The first-order valence-corrected chi connectivity index (χ1v) is 14.3. The van der Waals surface area contributed by atoms with Gasteiger partial charge in [0.2, 0.25) is 5.95 Å². The van der Waals surface area contributed by atoms with Crippen molar-refractivity contribution in [2.45, 2.75) is 33.1 Å². The summed E-state index contributed by atoms with van der Waals surface area (Å²) in [6, 6.07) is 9.61. The second kappa shape index (κ2) is 12.3. The fourth-order valence-corrected chi connectivity index (χ4v) is 5.83. The molecule has 14 heteroatoms. The first kappa shape index (κ1) is 30.0. The van der Waals surface area contributed by atoms with E-state index in [1.54, 1.807) is 51.1 Å². The lowest BCUT2D eigenvalue weighted by atomic mass is 10.1. The molecule has 2 heterocycles. The molecule has 41 heavy (non-hydrogen) atoms. The van der Waals surface area contributed by atoms with Crippen LogP contribution in [-0.2, 0) is 26.0 Å². The van der Waals surface area contributed by atoms with Gasteiger partial charge in [-0.05, 0) is 50.6 Å². The molecule has 0 aliphatic carbocycles. The van der Waals surface area contributed by atoms with Gasteiger partial charge in [0.15, 0.2) is 5.43 Å². The van der Waals surface area contributed by atoms with Crippen molar-refractivity contribution in [2.75, 3.05) is 31.0 Å². The van der Waals surface area contributed by atoms with Gasteiger partial charge in [-0.25, -0.2) is 4.98 Å². The van der Waals surface area contributed by atoms with Gasteiger partial charge >= 0.3 is 13.8 Å². The third-order valence-electron chi connectivity index (χ3n) is 5.98. The minimum atomic E-state index is -4.78. The summed E-state index contributed by atoms with van der Waals surface area (Å²) in [5.41, 5.74) is 0.515. The summed E-state index contributed by atoms with van der Waals surface area (Å²) >= 11 is 0. The number of aryl methyl sites for hydroxylation is 1. The molecule has 2 aromatic carbocycles. The molecule has 0 saturated carbocycles. The molecule has 0 bridgehead atoms. The van der Waals surface area contributed by atoms with E-state index in [4.69, 9.17) is 13.8 Å². The zero-order valence-corrected chi connectivity index (χ0v) is 23.7. The molecule has 0 radical (unpaired) electrons. The quantitative estimate of drug-likeness (QED) is 0.160. The molecule has 0 amide bonds. The second-order valence-electron chi connectivity index (χ2n) is 8.87. The lowest BCUT2D eigenvalue weighted by molar-refractivity contribution is -0.137. The Labute approximate surface area is 233 Å². The van der Waals surface area contributed by atoms with Crippen LogP contribution in [0.5, 0.6) is 5.75 Å². The highest BCUT2D eigenvalue weighted by Crippen LogP contribution is 2.51. The molecule has 0 aliphatic rings. The number of methoxy groups -OCH3 is 1. The Balaban J connectivity index is 1.69. The summed E-state index contributed by atoms with van der Waals surface area (Å²) in [6.45, 7) is 5.45. The largest absolute Gasteiger partial charge is 0.495 e. The van der Waals surface area contributed by atoms with Crippen molar-refractivity contribution in [3.8, 4) is 5.75 Å². The summed E-state index contributed by atoms with van der Waals surface area (Å²) in [7, 11) is -1.97. The predicted molar refractivity (Wildman–Crippen MR) is 150 cm³/mol. The highest BCUT2D eigenvalue weighted by Gasteiger charge is 2.35. The van der Waals surface area contributed by atoms with Gasteiger partial charge in [-0.1, -0.05) is 12.1 Å². The number of nitrogens with zero attached hydrogens (tertiary/aromatic N) is 2. The molecule has 0 saturated heterocycles. The predicted octanol–water partition coefficient (Wildman–Crippen LogP) is 6.91. The Morgan fingerprint density at radius 2 is 1.78 bits per heavy atom.